The largest absolute Gasteiger partial charge is 0.395 e. The van der Waals surface area contributed by atoms with Crippen molar-refractivity contribution in [1.82, 2.24) is 0 Å². The van der Waals surface area contributed by atoms with Gasteiger partial charge in [0.15, 0.2) is 0 Å². The highest BCUT2D eigenvalue weighted by atomic mass is 16.3. The molecule has 0 saturated carbocycles. The Bertz CT molecular complexity index is 386. The molecule has 1 rings (SSSR count). The zero-order chi connectivity index (χ0) is 13.3. The first-order chi connectivity index (χ1) is 7.74. The van der Waals surface area contributed by atoms with E-state index in [-0.39, 0.29) is 17.4 Å². The smallest absolute Gasteiger partial charge is 0.0537 e. The molecular weight excluding hydrogens is 210 g/mol. The molecule has 3 N–H and O–H groups in total. The van der Waals surface area contributed by atoms with E-state index >= 15 is 0 Å². The quantitative estimate of drug-likeness (QED) is 0.845. The fraction of sp³-hybridized carbons (Fsp3) is 0.600. The summed E-state index contributed by atoms with van der Waals surface area (Å²) in [6, 6.07) is 6.48. The van der Waals surface area contributed by atoms with Gasteiger partial charge < -0.3 is 10.8 Å². The van der Waals surface area contributed by atoms with Crippen LogP contribution in [0, 0.1) is 6.92 Å². The molecule has 0 fully saturated rings. The maximum absolute atomic E-state index is 9.58. The summed E-state index contributed by atoms with van der Waals surface area (Å²) in [6.07, 6.45) is 0. The maximum Gasteiger partial charge on any atom is 0.0537 e. The Labute approximate surface area is 105 Å². The van der Waals surface area contributed by atoms with Crippen molar-refractivity contribution in [2.24, 2.45) is 5.73 Å². The molecule has 1 aromatic rings. The highest BCUT2D eigenvalue weighted by Crippen LogP contribution is 2.30. The average Bonchev–Trinajstić information content (AvgIpc) is 2.27. The molecule has 1 unspecified atom stereocenters. The Hall–Kier alpha value is -0.860. The normalized spacial score (nSPS) is 15.7. The van der Waals surface area contributed by atoms with Gasteiger partial charge in [-0.25, -0.2) is 0 Å². The van der Waals surface area contributed by atoms with Gasteiger partial charge in [0, 0.05) is 12.0 Å². The van der Waals surface area contributed by atoms with Crippen LogP contribution in [0.2, 0.25) is 0 Å². The SMILES string of the molecule is Cc1ccc(C(C)(C)C)cc1C(C)(CN)CO. The summed E-state index contributed by atoms with van der Waals surface area (Å²) in [4.78, 5) is 0. The van der Waals surface area contributed by atoms with Crippen molar-refractivity contribution in [1.29, 1.82) is 0 Å². The van der Waals surface area contributed by atoms with Crippen LogP contribution in [0.1, 0.15) is 44.4 Å². The van der Waals surface area contributed by atoms with E-state index in [1.807, 2.05) is 6.92 Å². The van der Waals surface area contributed by atoms with Gasteiger partial charge in [-0.2, -0.15) is 0 Å². The van der Waals surface area contributed by atoms with Crippen LogP contribution in [-0.2, 0) is 10.8 Å². The first-order valence-corrected chi connectivity index (χ1v) is 6.17. The van der Waals surface area contributed by atoms with E-state index in [4.69, 9.17) is 5.73 Å². The number of aryl methyl sites for hydroxylation is 1. The molecule has 2 nitrogen and oxygen atoms in total. The average molecular weight is 235 g/mol. The van der Waals surface area contributed by atoms with Gasteiger partial charge in [0.25, 0.3) is 0 Å². The molecule has 0 radical (unpaired) electrons. The summed E-state index contributed by atoms with van der Waals surface area (Å²) >= 11 is 0. The number of hydrogen-bond acceptors (Lipinski definition) is 2. The van der Waals surface area contributed by atoms with Crippen molar-refractivity contribution in [2.45, 2.75) is 45.4 Å². The summed E-state index contributed by atoms with van der Waals surface area (Å²) in [5.41, 5.74) is 9.23. The van der Waals surface area contributed by atoms with Gasteiger partial charge in [-0.15, -0.1) is 0 Å². The number of rotatable bonds is 3. The Morgan fingerprint density at radius 3 is 2.18 bits per heavy atom. The minimum Gasteiger partial charge on any atom is -0.395 e. The molecule has 0 spiro atoms. The molecule has 2 heteroatoms. The molecule has 0 heterocycles. The Morgan fingerprint density at radius 2 is 1.76 bits per heavy atom. The number of nitrogens with two attached hydrogens (primary N) is 1. The standard InChI is InChI=1S/C15H25NO/c1-11-6-7-12(14(2,3)4)8-13(11)15(5,9-16)10-17/h6-8,17H,9-10,16H2,1-5H3. The number of aliphatic hydroxyl groups excluding tert-OH is 1. The van der Waals surface area contributed by atoms with Crippen molar-refractivity contribution in [3.8, 4) is 0 Å². The Balaban J connectivity index is 3.33. The van der Waals surface area contributed by atoms with E-state index in [9.17, 15) is 5.11 Å². The van der Waals surface area contributed by atoms with Crippen molar-refractivity contribution < 1.29 is 5.11 Å². The van der Waals surface area contributed by atoms with Gasteiger partial charge in [-0.05, 0) is 29.0 Å². The zero-order valence-corrected chi connectivity index (χ0v) is 11.7. The van der Waals surface area contributed by atoms with E-state index < -0.39 is 0 Å². The van der Waals surface area contributed by atoms with Crippen LogP contribution < -0.4 is 5.73 Å². The number of aliphatic hydroxyl groups is 1. The Kier molecular flexibility index (Phi) is 4.00. The van der Waals surface area contributed by atoms with Crippen molar-refractivity contribution in [3.05, 3.63) is 34.9 Å². The second-order valence-corrected chi connectivity index (χ2v) is 6.20. The van der Waals surface area contributed by atoms with Gasteiger partial charge in [-0.1, -0.05) is 45.9 Å². The fourth-order valence-corrected chi connectivity index (χ4v) is 2.00. The summed E-state index contributed by atoms with van der Waals surface area (Å²) in [5.74, 6) is 0. The summed E-state index contributed by atoms with van der Waals surface area (Å²) in [7, 11) is 0. The van der Waals surface area contributed by atoms with E-state index in [1.54, 1.807) is 0 Å². The van der Waals surface area contributed by atoms with Gasteiger partial charge in [0.1, 0.15) is 0 Å². The molecule has 0 aliphatic heterocycles. The fourth-order valence-electron chi connectivity index (χ4n) is 2.00. The van der Waals surface area contributed by atoms with Gasteiger partial charge in [-0.3, -0.25) is 0 Å². The molecule has 0 amide bonds. The lowest BCUT2D eigenvalue weighted by atomic mass is 9.77. The van der Waals surface area contributed by atoms with Gasteiger partial charge >= 0.3 is 0 Å². The van der Waals surface area contributed by atoms with Crippen molar-refractivity contribution in [3.63, 3.8) is 0 Å². The molecule has 0 aliphatic rings. The first kappa shape index (κ1) is 14.2. The summed E-state index contributed by atoms with van der Waals surface area (Å²) in [5, 5.41) is 9.58. The molecule has 0 bridgehead atoms. The highest BCUT2D eigenvalue weighted by molar-refractivity contribution is 5.39. The topological polar surface area (TPSA) is 46.2 Å². The Morgan fingerprint density at radius 1 is 1.18 bits per heavy atom. The summed E-state index contributed by atoms with van der Waals surface area (Å²) < 4.78 is 0. The molecule has 0 aliphatic carbocycles. The molecular formula is C15H25NO. The van der Waals surface area contributed by atoms with E-state index in [2.05, 4.69) is 45.9 Å². The van der Waals surface area contributed by atoms with Crippen LogP contribution in [0.5, 0.6) is 0 Å². The van der Waals surface area contributed by atoms with Gasteiger partial charge in [0.2, 0.25) is 0 Å². The number of benzene rings is 1. The monoisotopic (exact) mass is 235 g/mol. The van der Waals surface area contributed by atoms with Crippen LogP contribution in [0.15, 0.2) is 18.2 Å². The van der Waals surface area contributed by atoms with Crippen LogP contribution in [-0.4, -0.2) is 18.3 Å². The van der Waals surface area contributed by atoms with Crippen LogP contribution >= 0.6 is 0 Å². The lowest BCUT2D eigenvalue weighted by Gasteiger charge is -2.30. The van der Waals surface area contributed by atoms with Crippen LogP contribution in [0.4, 0.5) is 0 Å². The van der Waals surface area contributed by atoms with Gasteiger partial charge in [0.05, 0.1) is 6.61 Å². The minimum absolute atomic E-state index is 0.0813. The van der Waals surface area contributed by atoms with E-state index in [0.717, 1.165) is 5.56 Å². The van der Waals surface area contributed by atoms with Crippen LogP contribution in [0.3, 0.4) is 0 Å². The van der Waals surface area contributed by atoms with Crippen molar-refractivity contribution in [2.75, 3.05) is 13.2 Å². The lowest BCUT2D eigenvalue weighted by molar-refractivity contribution is 0.209. The zero-order valence-electron chi connectivity index (χ0n) is 11.7. The summed E-state index contributed by atoms with van der Waals surface area (Å²) in [6.45, 7) is 11.2. The number of hydrogen-bond donors (Lipinski definition) is 2. The molecule has 0 saturated heterocycles. The second kappa shape index (κ2) is 4.79. The third-order valence-corrected chi connectivity index (χ3v) is 3.55. The molecule has 1 atom stereocenters. The second-order valence-electron chi connectivity index (χ2n) is 6.20. The molecule has 0 aromatic heterocycles. The predicted molar refractivity (Wildman–Crippen MR) is 73.4 cm³/mol. The van der Waals surface area contributed by atoms with Crippen molar-refractivity contribution >= 4 is 0 Å². The van der Waals surface area contributed by atoms with E-state index in [0.29, 0.717) is 6.54 Å². The highest BCUT2D eigenvalue weighted by Gasteiger charge is 2.27. The van der Waals surface area contributed by atoms with E-state index in [1.165, 1.54) is 11.1 Å². The third kappa shape index (κ3) is 2.88. The molecule has 96 valence electrons. The molecule has 1 aromatic carbocycles. The third-order valence-electron chi connectivity index (χ3n) is 3.55. The minimum atomic E-state index is -0.342. The maximum atomic E-state index is 9.58. The molecule has 17 heavy (non-hydrogen) atoms. The van der Waals surface area contributed by atoms with Crippen LogP contribution in [0.25, 0.3) is 0 Å². The predicted octanol–water partition coefficient (Wildman–Crippen LogP) is 2.50. The lowest BCUT2D eigenvalue weighted by Crippen LogP contribution is -2.36. The first-order valence-electron chi connectivity index (χ1n) is 6.17.